The molecular weight excluding hydrogens is 270 g/mol. The molecule has 0 bridgehead atoms. The summed E-state index contributed by atoms with van der Waals surface area (Å²) in [5, 5.41) is 17.1. The number of halogens is 1. The summed E-state index contributed by atoms with van der Waals surface area (Å²) in [7, 11) is 1.52. The highest BCUT2D eigenvalue weighted by molar-refractivity contribution is 6.30. The maximum atomic E-state index is 11.5. The number of benzene rings is 1. The Morgan fingerprint density at radius 3 is 2.42 bits per heavy atom. The summed E-state index contributed by atoms with van der Waals surface area (Å²) in [6.45, 7) is 0.360. The van der Waals surface area contributed by atoms with Crippen LogP contribution >= 0.6 is 11.6 Å². The topological polar surface area (TPSA) is 90.5 Å². The van der Waals surface area contributed by atoms with Crippen molar-refractivity contribution >= 4 is 23.6 Å². The van der Waals surface area contributed by atoms with Crippen molar-refractivity contribution in [3.05, 3.63) is 34.9 Å². The number of hydrogen-bond acceptors (Lipinski definition) is 3. The average Bonchev–Trinajstić information content (AvgIpc) is 2.38. The lowest BCUT2D eigenvalue weighted by Crippen LogP contribution is -2.47. The normalized spacial score (nSPS) is 11.7. The molecule has 6 nitrogen and oxygen atoms in total. The zero-order chi connectivity index (χ0) is 14.3. The van der Waals surface area contributed by atoms with Gasteiger partial charge in [0.15, 0.2) is 0 Å². The van der Waals surface area contributed by atoms with Crippen molar-refractivity contribution in [2.24, 2.45) is 0 Å². The molecule has 1 unspecified atom stereocenters. The van der Waals surface area contributed by atoms with Gasteiger partial charge in [0, 0.05) is 18.1 Å². The maximum absolute atomic E-state index is 11.5. The fourth-order valence-electron chi connectivity index (χ4n) is 1.35. The summed E-state index contributed by atoms with van der Waals surface area (Å²) in [4.78, 5) is 22.2. The van der Waals surface area contributed by atoms with Crippen molar-refractivity contribution in [2.45, 2.75) is 12.6 Å². The molecule has 0 aliphatic rings. The molecule has 0 aliphatic heterocycles. The average molecular weight is 286 g/mol. The Morgan fingerprint density at radius 2 is 1.89 bits per heavy atom. The van der Waals surface area contributed by atoms with E-state index in [1.54, 1.807) is 24.3 Å². The predicted molar refractivity (Wildman–Crippen MR) is 72.2 cm³/mol. The zero-order valence-corrected chi connectivity index (χ0v) is 11.2. The summed E-state index contributed by atoms with van der Waals surface area (Å²) in [6.07, 6.45) is 0. The smallest absolute Gasteiger partial charge is 0.322 e. The van der Waals surface area contributed by atoms with Crippen LogP contribution in [0.15, 0.2) is 24.3 Å². The van der Waals surface area contributed by atoms with Crippen LogP contribution in [-0.4, -0.2) is 36.7 Å². The molecule has 1 aromatic rings. The van der Waals surface area contributed by atoms with E-state index in [2.05, 4.69) is 16.0 Å². The largest absolute Gasteiger partial charge is 0.480 e. The molecule has 0 spiro atoms. The van der Waals surface area contributed by atoms with Gasteiger partial charge in [-0.25, -0.2) is 4.79 Å². The SMILES string of the molecule is CNC(CNC(=O)NCc1ccc(Cl)cc1)C(=O)O. The minimum absolute atomic E-state index is 0.0122. The number of aliphatic carboxylic acids is 1. The lowest BCUT2D eigenvalue weighted by atomic mass is 10.2. The third-order valence-electron chi connectivity index (χ3n) is 2.48. The van der Waals surface area contributed by atoms with E-state index < -0.39 is 18.0 Å². The fraction of sp³-hybridized carbons (Fsp3) is 0.333. The van der Waals surface area contributed by atoms with Crippen molar-refractivity contribution in [1.29, 1.82) is 0 Å². The van der Waals surface area contributed by atoms with Crippen LogP contribution in [0.1, 0.15) is 5.56 Å². The van der Waals surface area contributed by atoms with Crippen LogP contribution in [0.25, 0.3) is 0 Å². The van der Waals surface area contributed by atoms with Gasteiger partial charge in [-0.1, -0.05) is 23.7 Å². The maximum Gasteiger partial charge on any atom is 0.322 e. The Balaban J connectivity index is 2.31. The van der Waals surface area contributed by atoms with E-state index in [1.165, 1.54) is 7.05 Å². The minimum Gasteiger partial charge on any atom is -0.480 e. The lowest BCUT2D eigenvalue weighted by molar-refractivity contribution is -0.139. The van der Waals surface area contributed by atoms with Crippen LogP contribution in [-0.2, 0) is 11.3 Å². The number of carboxylic acids is 1. The van der Waals surface area contributed by atoms with Gasteiger partial charge in [0.1, 0.15) is 6.04 Å². The van der Waals surface area contributed by atoms with E-state index in [0.29, 0.717) is 11.6 Å². The Morgan fingerprint density at radius 1 is 1.26 bits per heavy atom. The molecule has 0 saturated heterocycles. The van der Waals surface area contributed by atoms with Crippen molar-refractivity contribution in [3.8, 4) is 0 Å². The second kappa shape index (κ2) is 7.60. The van der Waals surface area contributed by atoms with Gasteiger partial charge in [-0.15, -0.1) is 0 Å². The second-order valence-corrected chi connectivity index (χ2v) is 4.31. The molecule has 0 radical (unpaired) electrons. The summed E-state index contributed by atoms with van der Waals surface area (Å²) < 4.78 is 0. The van der Waals surface area contributed by atoms with E-state index >= 15 is 0 Å². The van der Waals surface area contributed by atoms with Crippen LogP contribution in [0.2, 0.25) is 5.02 Å². The van der Waals surface area contributed by atoms with E-state index in [0.717, 1.165) is 5.56 Å². The predicted octanol–water partition coefficient (Wildman–Crippen LogP) is 0.812. The molecule has 4 N–H and O–H groups in total. The van der Waals surface area contributed by atoms with Crippen LogP contribution in [0.4, 0.5) is 4.79 Å². The van der Waals surface area contributed by atoms with Crippen molar-refractivity contribution in [1.82, 2.24) is 16.0 Å². The van der Waals surface area contributed by atoms with Gasteiger partial charge in [0.2, 0.25) is 0 Å². The van der Waals surface area contributed by atoms with Gasteiger partial charge in [0.25, 0.3) is 0 Å². The number of carboxylic acid groups (broad SMARTS) is 1. The van der Waals surface area contributed by atoms with E-state index in [1.807, 2.05) is 0 Å². The molecule has 0 aliphatic carbocycles. The highest BCUT2D eigenvalue weighted by Gasteiger charge is 2.15. The summed E-state index contributed by atoms with van der Waals surface area (Å²) >= 11 is 5.74. The number of rotatable bonds is 6. The summed E-state index contributed by atoms with van der Waals surface area (Å²) in [5.74, 6) is -1.01. The van der Waals surface area contributed by atoms with Crippen LogP contribution in [0.5, 0.6) is 0 Å². The minimum atomic E-state index is -1.01. The molecule has 0 aromatic heterocycles. The lowest BCUT2D eigenvalue weighted by Gasteiger charge is -2.12. The molecule has 0 saturated carbocycles. The Kier molecular flexibility index (Phi) is 6.11. The van der Waals surface area contributed by atoms with Gasteiger partial charge in [-0.2, -0.15) is 0 Å². The molecule has 104 valence electrons. The third-order valence-corrected chi connectivity index (χ3v) is 2.73. The van der Waals surface area contributed by atoms with Crippen LogP contribution in [0.3, 0.4) is 0 Å². The van der Waals surface area contributed by atoms with Gasteiger partial charge in [0.05, 0.1) is 0 Å². The van der Waals surface area contributed by atoms with Gasteiger partial charge < -0.3 is 21.1 Å². The number of nitrogens with one attached hydrogen (secondary N) is 3. The zero-order valence-electron chi connectivity index (χ0n) is 10.4. The van der Waals surface area contributed by atoms with Crippen LogP contribution in [0, 0.1) is 0 Å². The highest BCUT2D eigenvalue weighted by Crippen LogP contribution is 2.08. The third kappa shape index (κ3) is 5.58. The first kappa shape index (κ1) is 15.3. The molecule has 7 heteroatoms. The Bertz CT molecular complexity index is 436. The highest BCUT2D eigenvalue weighted by atomic mass is 35.5. The monoisotopic (exact) mass is 285 g/mol. The molecule has 1 atom stereocenters. The second-order valence-electron chi connectivity index (χ2n) is 3.87. The quantitative estimate of drug-likeness (QED) is 0.623. The van der Waals surface area contributed by atoms with E-state index in [4.69, 9.17) is 16.7 Å². The molecule has 1 rings (SSSR count). The standard InChI is InChI=1S/C12H16ClN3O3/c1-14-10(11(17)18)7-16-12(19)15-6-8-2-4-9(13)5-3-8/h2-5,10,14H,6-7H2,1H3,(H,17,18)(H2,15,16,19). The molecule has 0 heterocycles. The number of urea groups is 1. The van der Waals surface area contributed by atoms with Crippen molar-refractivity contribution in [2.75, 3.05) is 13.6 Å². The summed E-state index contributed by atoms with van der Waals surface area (Å²) in [5.41, 5.74) is 0.906. The first-order valence-corrected chi connectivity index (χ1v) is 6.07. The first-order valence-electron chi connectivity index (χ1n) is 5.69. The number of amides is 2. The number of carbonyl (C=O) groups is 2. The molecular formula is C12H16ClN3O3. The van der Waals surface area contributed by atoms with E-state index in [-0.39, 0.29) is 6.54 Å². The molecule has 19 heavy (non-hydrogen) atoms. The number of carbonyl (C=O) groups excluding carboxylic acids is 1. The Hall–Kier alpha value is -1.79. The molecule has 0 fully saturated rings. The molecule has 1 aromatic carbocycles. The van der Waals surface area contributed by atoms with Crippen molar-refractivity contribution in [3.63, 3.8) is 0 Å². The molecule has 2 amide bonds. The number of likely N-dealkylation sites (N-methyl/N-ethyl adjacent to an activating group) is 1. The van der Waals surface area contributed by atoms with E-state index in [9.17, 15) is 9.59 Å². The number of hydrogen-bond donors (Lipinski definition) is 4. The van der Waals surface area contributed by atoms with Crippen LogP contribution < -0.4 is 16.0 Å². The van der Waals surface area contributed by atoms with Gasteiger partial charge >= 0.3 is 12.0 Å². The fourth-order valence-corrected chi connectivity index (χ4v) is 1.48. The first-order chi connectivity index (χ1) is 9.02. The summed E-state index contributed by atoms with van der Waals surface area (Å²) in [6, 6.07) is 5.85. The Labute approximate surface area is 116 Å². The van der Waals surface area contributed by atoms with Gasteiger partial charge in [-0.3, -0.25) is 4.79 Å². The van der Waals surface area contributed by atoms with Gasteiger partial charge in [-0.05, 0) is 24.7 Å². The van der Waals surface area contributed by atoms with Crippen molar-refractivity contribution < 1.29 is 14.7 Å².